The van der Waals surface area contributed by atoms with Gasteiger partial charge in [0.1, 0.15) is 22.5 Å². The predicted octanol–water partition coefficient (Wildman–Crippen LogP) is 5.22. The Morgan fingerprint density at radius 3 is 2.31 bits per heavy atom. The van der Waals surface area contributed by atoms with Gasteiger partial charge in [-0.25, -0.2) is 0 Å². The highest BCUT2D eigenvalue weighted by Crippen LogP contribution is 2.40. The van der Waals surface area contributed by atoms with Crippen molar-refractivity contribution in [2.24, 2.45) is 0 Å². The van der Waals surface area contributed by atoms with Crippen molar-refractivity contribution in [3.8, 4) is 40.1 Å². The van der Waals surface area contributed by atoms with Gasteiger partial charge in [0.15, 0.2) is 17.3 Å². The van der Waals surface area contributed by atoms with E-state index < -0.39 is 22.7 Å². The van der Waals surface area contributed by atoms with Gasteiger partial charge in [0.25, 0.3) is 0 Å². The third kappa shape index (κ3) is 4.72. The summed E-state index contributed by atoms with van der Waals surface area (Å²) in [7, 11) is 0. The monoisotopic (exact) mass is 438 g/mol. The van der Waals surface area contributed by atoms with Gasteiger partial charge in [0.05, 0.1) is 0 Å². The molecule has 32 heavy (non-hydrogen) atoms. The Morgan fingerprint density at radius 2 is 1.62 bits per heavy atom. The standard InChI is InChI=1S/C25H26O7/c1-13(2)5-4-6-14(3)7-8-15-9-16(10-19(28)22(15)29)25-24(31)23(30)21-18(27)11-17(26)12-20(21)32-25/h5,7,9-12,26-29,31H,4,6,8H2,1-3H3. The average molecular weight is 438 g/mol. The Balaban J connectivity index is 2.04. The first kappa shape index (κ1) is 22.8. The van der Waals surface area contributed by atoms with Crippen molar-refractivity contribution in [2.75, 3.05) is 0 Å². The number of fused-ring (bicyclic) bond motifs is 1. The number of phenols is 4. The van der Waals surface area contributed by atoms with Crippen molar-refractivity contribution in [1.29, 1.82) is 0 Å². The minimum Gasteiger partial charge on any atom is -0.508 e. The summed E-state index contributed by atoms with van der Waals surface area (Å²) < 4.78 is 5.59. The quantitative estimate of drug-likeness (QED) is 0.263. The van der Waals surface area contributed by atoms with Crippen LogP contribution in [0.1, 0.15) is 39.2 Å². The van der Waals surface area contributed by atoms with Gasteiger partial charge in [-0.3, -0.25) is 4.79 Å². The topological polar surface area (TPSA) is 131 Å². The molecule has 1 aromatic heterocycles. The van der Waals surface area contributed by atoms with Gasteiger partial charge in [0.2, 0.25) is 11.2 Å². The number of aromatic hydroxyl groups is 5. The Morgan fingerprint density at radius 1 is 0.906 bits per heavy atom. The molecule has 0 saturated carbocycles. The van der Waals surface area contributed by atoms with Crippen LogP contribution in [0.4, 0.5) is 0 Å². The molecule has 7 nitrogen and oxygen atoms in total. The van der Waals surface area contributed by atoms with Gasteiger partial charge in [-0.1, -0.05) is 23.3 Å². The molecule has 5 N–H and O–H groups in total. The third-order valence-electron chi connectivity index (χ3n) is 5.13. The van der Waals surface area contributed by atoms with E-state index in [4.69, 9.17) is 4.42 Å². The summed E-state index contributed by atoms with van der Waals surface area (Å²) in [5.41, 5.74) is 1.87. The van der Waals surface area contributed by atoms with E-state index in [1.54, 1.807) is 0 Å². The molecule has 2 aromatic carbocycles. The Labute approximate surface area is 184 Å². The summed E-state index contributed by atoms with van der Waals surface area (Å²) in [5.74, 6) is -2.61. The largest absolute Gasteiger partial charge is 0.508 e. The number of benzene rings is 2. The maximum atomic E-state index is 12.6. The van der Waals surface area contributed by atoms with E-state index in [1.165, 1.54) is 11.6 Å². The molecular formula is C25H26O7. The first-order chi connectivity index (χ1) is 15.1. The molecule has 0 aliphatic rings. The zero-order valence-corrected chi connectivity index (χ0v) is 18.1. The number of rotatable bonds is 6. The van der Waals surface area contributed by atoms with E-state index in [0.717, 1.165) is 36.6 Å². The van der Waals surface area contributed by atoms with Crippen LogP contribution in [-0.2, 0) is 6.42 Å². The zero-order valence-electron chi connectivity index (χ0n) is 18.1. The van der Waals surface area contributed by atoms with E-state index >= 15 is 0 Å². The average Bonchev–Trinajstić information content (AvgIpc) is 2.70. The molecule has 0 aliphatic carbocycles. The number of hydrogen-bond donors (Lipinski definition) is 5. The van der Waals surface area contributed by atoms with Crippen LogP contribution >= 0.6 is 0 Å². The van der Waals surface area contributed by atoms with Crippen molar-refractivity contribution < 1.29 is 29.9 Å². The fourth-order valence-electron chi connectivity index (χ4n) is 3.41. The molecule has 1 heterocycles. The fourth-order valence-corrected chi connectivity index (χ4v) is 3.41. The van der Waals surface area contributed by atoms with Crippen LogP contribution in [0.3, 0.4) is 0 Å². The van der Waals surface area contributed by atoms with Gasteiger partial charge in [-0.2, -0.15) is 0 Å². The van der Waals surface area contributed by atoms with Crippen LogP contribution in [0.15, 0.2) is 56.8 Å². The van der Waals surface area contributed by atoms with Gasteiger partial charge in [-0.05, 0) is 52.2 Å². The van der Waals surface area contributed by atoms with Crippen molar-refractivity contribution in [3.63, 3.8) is 0 Å². The minimum absolute atomic E-state index is 0.135. The molecule has 0 atom stereocenters. The molecule has 3 aromatic rings. The normalized spacial score (nSPS) is 11.7. The summed E-state index contributed by atoms with van der Waals surface area (Å²) in [5, 5.41) is 50.3. The van der Waals surface area contributed by atoms with E-state index in [-0.39, 0.29) is 33.8 Å². The maximum Gasteiger partial charge on any atom is 0.238 e. The molecule has 0 bridgehead atoms. The molecule has 168 valence electrons. The molecular weight excluding hydrogens is 412 g/mol. The van der Waals surface area contributed by atoms with E-state index in [9.17, 15) is 30.3 Å². The highest BCUT2D eigenvalue weighted by atomic mass is 16.4. The maximum absolute atomic E-state index is 12.6. The first-order valence-corrected chi connectivity index (χ1v) is 10.1. The van der Waals surface area contributed by atoms with Gasteiger partial charge in [0, 0.05) is 23.3 Å². The molecule has 0 saturated heterocycles. The second-order valence-corrected chi connectivity index (χ2v) is 8.02. The van der Waals surface area contributed by atoms with Crippen molar-refractivity contribution in [3.05, 3.63) is 63.4 Å². The molecule has 0 fully saturated rings. The van der Waals surface area contributed by atoms with Crippen LogP contribution in [0.25, 0.3) is 22.3 Å². The zero-order chi connectivity index (χ0) is 23.6. The fraction of sp³-hybridized carbons (Fsp3) is 0.240. The van der Waals surface area contributed by atoms with Gasteiger partial charge < -0.3 is 29.9 Å². The Kier molecular flexibility index (Phi) is 6.48. The highest BCUT2D eigenvalue weighted by molar-refractivity contribution is 5.88. The lowest BCUT2D eigenvalue weighted by Crippen LogP contribution is -2.03. The molecule has 0 radical (unpaired) electrons. The molecule has 7 heteroatoms. The second-order valence-electron chi connectivity index (χ2n) is 8.02. The Bertz CT molecular complexity index is 1290. The van der Waals surface area contributed by atoms with Crippen molar-refractivity contribution in [1.82, 2.24) is 0 Å². The smallest absolute Gasteiger partial charge is 0.238 e. The number of phenolic OH excluding ortho intramolecular Hbond substituents is 4. The first-order valence-electron chi connectivity index (χ1n) is 10.1. The summed E-state index contributed by atoms with van der Waals surface area (Å²) in [4.78, 5) is 12.6. The molecule has 0 spiro atoms. The SMILES string of the molecule is CC(C)=CCCC(C)=CCc1cc(-c2oc3cc(O)cc(O)c3c(=O)c2O)cc(O)c1O. The van der Waals surface area contributed by atoms with Crippen molar-refractivity contribution >= 4 is 11.0 Å². The number of allylic oxidation sites excluding steroid dienone is 4. The van der Waals surface area contributed by atoms with E-state index in [2.05, 4.69) is 6.08 Å². The van der Waals surface area contributed by atoms with Crippen LogP contribution in [-0.4, -0.2) is 25.5 Å². The van der Waals surface area contributed by atoms with Crippen LogP contribution in [0.2, 0.25) is 0 Å². The van der Waals surface area contributed by atoms with Crippen LogP contribution < -0.4 is 5.43 Å². The number of hydrogen-bond acceptors (Lipinski definition) is 7. The van der Waals surface area contributed by atoms with Crippen molar-refractivity contribution in [2.45, 2.75) is 40.0 Å². The third-order valence-corrected chi connectivity index (χ3v) is 5.13. The Hall–Kier alpha value is -3.87. The van der Waals surface area contributed by atoms with E-state index in [0.29, 0.717) is 12.0 Å². The lowest BCUT2D eigenvalue weighted by Gasteiger charge is -2.11. The van der Waals surface area contributed by atoms with E-state index in [1.807, 2.05) is 26.8 Å². The summed E-state index contributed by atoms with van der Waals surface area (Å²) >= 11 is 0. The summed E-state index contributed by atoms with van der Waals surface area (Å²) in [6, 6.07) is 4.77. The lowest BCUT2D eigenvalue weighted by molar-refractivity contribution is 0.400. The summed E-state index contributed by atoms with van der Waals surface area (Å²) in [6.07, 6.45) is 6.14. The van der Waals surface area contributed by atoms with Gasteiger partial charge in [-0.15, -0.1) is 0 Å². The van der Waals surface area contributed by atoms with Crippen LogP contribution in [0.5, 0.6) is 28.7 Å². The highest BCUT2D eigenvalue weighted by Gasteiger charge is 2.20. The molecule has 0 aliphatic heterocycles. The minimum atomic E-state index is -0.886. The summed E-state index contributed by atoms with van der Waals surface area (Å²) in [6.45, 7) is 6.05. The van der Waals surface area contributed by atoms with Crippen LogP contribution in [0, 0.1) is 0 Å². The van der Waals surface area contributed by atoms with Gasteiger partial charge >= 0.3 is 0 Å². The molecule has 3 rings (SSSR count). The lowest BCUT2D eigenvalue weighted by atomic mass is 10.0. The molecule has 0 amide bonds. The predicted molar refractivity (Wildman–Crippen MR) is 122 cm³/mol. The molecule has 0 unspecified atom stereocenters. The second kappa shape index (κ2) is 9.09.